The second-order valence-electron chi connectivity index (χ2n) is 5.88. The van der Waals surface area contributed by atoms with Crippen LogP contribution in [-0.4, -0.2) is 39.1 Å². The number of fused-ring (bicyclic) bond motifs is 1. The normalized spacial score (nSPS) is 18.2. The Morgan fingerprint density at radius 2 is 1.81 bits per heavy atom. The Morgan fingerprint density at radius 3 is 2.43 bits per heavy atom. The maximum absolute atomic E-state index is 12.5. The number of nitrogens with one attached hydrogen (secondary N) is 1. The molecule has 0 saturated heterocycles. The molecule has 1 N–H and O–H groups in total. The molecule has 5 nitrogen and oxygen atoms in total. The van der Waals surface area contributed by atoms with Crippen LogP contribution in [0.5, 0.6) is 0 Å². The minimum Gasteiger partial charge on any atom is -0.335 e. The minimum atomic E-state index is -0.0500. The van der Waals surface area contributed by atoms with Crippen LogP contribution < -0.4 is 0 Å². The van der Waals surface area contributed by atoms with E-state index in [9.17, 15) is 4.79 Å². The lowest BCUT2D eigenvalue weighted by atomic mass is 10.0. The Kier molecular flexibility index (Phi) is 2.98. The second-order valence-corrected chi connectivity index (χ2v) is 5.88. The number of carbonyl (C=O) groups excluding carboxylic acids is 1. The molecule has 0 bridgehead atoms. The molecule has 0 atom stereocenters. The van der Waals surface area contributed by atoms with Crippen LogP contribution in [0.25, 0.3) is 0 Å². The quantitative estimate of drug-likeness (QED) is 0.915. The van der Waals surface area contributed by atoms with Crippen molar-refractivity contribution in [3.05, 3.63) is 47.0 Å². The number of rotatable bonds is 2. The van der Waals surface area contributed by atoms with E-state index in [1.807, 2.05) is 4.90 Å². The Balaban J connectivity index is 1.50. The summed E-state index contributed by atoms with van der Waals surface area (Å²) < 4.78 is 0. The van der Waals surface area contributed by atoms with Gasteiger partial charge in [-0.25, -0.2) is 4.98 Å². The predicted molar refractivity (Wildman–Crippen MR) is 78.1 cm³/mol. The van der Waals surface area contributed by atoms with Gasteiger partial charge in [0.05, 0.1) is 0 Å². The van der Waals surface area contributed by atoms with Crippen molar-refractivity contribution in [3.63, 3.8) is 0 Å². The van der Waals surface area contributed by atoms with Gasteiger partial charge in [-0.3, -0.25) is 9.89 Å². The third kappa shape index (κ3) is 2.44. The summed E-state index contributed by atoms with van der Waals surface area (Å²) in [6.45, 7) is 1.48. The maximum Gasteiger partial charge on any atom is 0.293 e. The Hall–Kier alpha value is -2.17. The zero-order valence-electron chi connectivity index (χ0n) is 11.9. The summed E-state index contributed by atoms with van der Waals surface area (Å²) in [7, 11) is 0. The molecule has 1 aliphatic carbocycles. The molecule has 1 amide bonds. The molecule has 1 aromatic heterocycles. The zero-order valence-corrected chi connectivity index (χ0v) is 11.9. The highest BCUT2D eigenvalue weighted by Gasteiger charge is 2.29. The van der Waals surface area contributed by atoms with Crippen molar-refractivity contribution < 1.29 is 4.79 Å². The molecule has 5 heteroatoms. The molecule has 0 radical (unpaired) electrons. The highest BCUT2D eigenvalue weighted by molar-refractivity contribution is 5.90. The average Bonchev–Trinajstić information content (AvgIpc) is 3.29. The van der Waals surface area contributed by atoms with Crippen LogP contribution in [-0.2, 0) is 12.8 Å². The van der Waals surface area contributed by atoms with Crippen LogP contribution in [0.3, 0.4) is 0 Å². The Bertz CT molecular complexity index is 647. The van der Waals surface area contributed by atoms with Gasteiger partial charge in [-0.15, -0.1) is 5.10 Å². The molecule has 1 aromatic carbocycles. The average molecular weight is 282 g/mol. The van der Waals surface area contributed by atoms with E-state index in [0.717, 1.165) is 44.6 Å². The fourth-order valence-electron chi connectivity index (χ4n) is 2.92. The number of H-pyrrole nitrogens is 1. The SMILES string of the molecule is O=C(c1n[nH]c(C2CC2)n1)N1CCc2ccccc2CC1. The standard InChI is InChI=1S/C16H18N4O/c21-16(15-17-14(18-19-15)13-5-6-13)20-9-7-11-3-1-2-4-12(11)8-10-20/h1-4,13H,5-10H2,(H,17,18,19). The first-order chi connectivity index (χ1) is 10.3. The largest absolute Gasteiger partial charge is 0.335 e. The maximum atomic E-state index is 12.5. The molecule has 4 rings (SSSR count). The second kappa shape index (κ2) is 4.98. The first-order valence-electron chi connectivity index (χ1n) is 7.59. The first kappa shape index (κ1) is 12.6. The number of carbonyl (C=O) groups is 1. The van der Waals surface area contributed by atoms with Crippen LogP contribution in [0.2, 0.25) is 0 Å². The van der Waals surface area contributed by atoms with Gasteiger partial charge in [-0.2, -0.15) is 0 Å². The molecule has 1 fully saturated rings. The highest BCUT2D eigenvalue weighted by Crippen LogP contribution is 2.37. The lowest BCUT2D eigenvalue weighted by Crippen LogP contribution is -2.34. The van der Waals surface area contributed by atoms with Crippen molar-refractivity contribution in [1.82, 2.24) is 20.1 Å². The van der Waals surface area contributed by atoms with Gasteiger partial charge in [-0.1, -0.05) is 24.3 Å². The van der Waals surface area contributed by atoms with Gasteiger partial charge in [0.25, 0.3) is 5.91 Å². The molecule has 108 valence electrons. The van der Waals surface area contributed by atoms with Gasteiger partial charge >= 0.3 is 0 Å². The number of amides is 1. The van der Waals surface area contributed by atoms with Gasteiger partial charge in [-0.05, 0) is 36.8 Å². The number of hydrogen-bond acceptors (Lipinski definition) is 3. The first-order valence-corrected chi connectivity index (χ1v) is 7.59. The summed E-state index contributed by atoms with van der Waals surface area (Å²) in [5.74, 6) is 1.64. The van der Waals surface area contributed by atoms with Crippen molar-refractivity contribution in [3.8, 4) is 0 Å². The molecular formula is C16H18N4O. The number of aromatic amines is 1. The van der Waals surface area contributed by atoms with Crippen LogP contribution >= 0.6 is 0 Å². The molecule has 1 saturated carbocycles. The van der Waals surface area contributed by atoms with E-state index in [4.69, 9.17) is 0 Å². The summed E-state index contributed by atoms with van der Waals surface area (Å²) in [5.41, 5.74) is 2.70. The monoisotopic (exact) mass is 282 g/mol. The predicted octanol–water partition coefficient (Wildman–Crippen LogP) is 1.92. The fourth-order valence-corrected chi connectivity index (χ4v) is 2.92. The van der Waals surface area contributed by atoms with Gasteiger partial charge in [0.2, 0.25) is 5.82 Å². The molecular weight excluding hydrogens is 264 g/mol. The summed E-state index contributed by atoms with van der Waals surface area (Å²) in [4.78, 5) is 18.8. The van der Waals surface area contributed by atoms with Gasteiger partial charge in [0.15, 0.2) is 0 Å². The third-order valence-corrected chi connectivity index (χ3v) is 4.37. The minimum absolute atomic E-state index is 0.0500. The molecule has 1 aliphatic heterocycles. The van der Waals surface area contributed by atoms with Crippen LogP contribution in [0.4, 0.5) is 0 Å². The Morgan fingerprint density at radius 1 is 1.14 bits per heavy atom. The van der Waals surface area contributed by atoms with Crippen molar-refractivity contribution in [2.24, 2.45) is 0 Å². The highest BCUT2D eigenvalue weighted by atomic mass is 16.2. The van der Waals surface area contributed by atoms with Gasteiger partial charge in [0.1, 0.15) is 5.82 Å². The Labute approximate surface area is 123 Å². The van der Waals surface area contributed by atoms with E-state index >= 15 is 0 Å². The van der Waals surface area contributed by atoms with Crippen LogP contribution in [0, 0.1) is 0 Å². The van der Waals surface area contributed by atoms with Crippen LogP contribution in [0.1, 0.15) is 46.3 Å². The van der Waals surface area contributed by atoms with E-state index < -0.39 is 0 Å². The summed E-state index contributed by atoms with van der Waals surface area (Å²) >= 11 is 0. The molecule has 0 spiro atoms. The van der Waals surface area contributed by atoms with E-state index in [2.05, 4.69) is 39.4 Å². The molecule has 0 unspecified atom stereocenters. The summed E-state index contributed by atoms with van der Waals surface area (Å²) in [6.07, 6.45) is 4.12. The number of hydrogen-bond donors (Lipinski definition) is 1. The van der Waals surface area contributed by atoms with Crippen molar-refractivity contribution in [1.29, 1.82) is 0 Å². The van der Waals surface area contributed by atoms with E-state index in [1.165, 1.54) is 11.1 Å². The third-order valence-electron chi connectivity index (χ3n) is 4.37. The van der Waals surface area contributed by atoms with Gasteiger partial charge in [0, 0.05) is 19.0 Å². The number of aromatic nitrogens is 3. The fraction of sp³-hybridized carbons (Fsp3) is 0.438. The number of nitrogens with zero attached hydrogens (tertiary/aromatic N) is 3. The van der Waals surface area contributed by atoms with Crippen molar-refractivity contribution in [2.45, 2.75) is 31.6 Å². The molecule has 2 aliphatic rings. The van der Waals surface area contributed by atoms with Crippen molar-refractivity contribution in [2.75, 3.05) is 13.1 Å². The van der Waals surface area contributed by atoms with E-state index in [0.29, 0.717) is 11.7 Å². The summed E-state index contributed by atoms with van der Waals surface area (Å²) in [6, 6.07) is 8.43. The van der Waals surface area contributed by atoms with Crippen LogP contribution in [0.15, 0.2) is 24.3 Å². The lowest BCUT2D eigenvalue weighted by Gasteiger charge is -2.18. The van der Waals surface area contributed by atoms with E-state index in [1.54, 1.807) is 0 Å². The summed E-state index contributed by atoms with van der Waals surface area (Å²) in [5, 5.41) is 7.02. The molecule has 21 heavy (non-hydrogen) atoms. The molecule has 2 heterocycles. The molecule has 2 aromatic rings. The van der Waals surface area contributed by atoms with Gasteiger partial charge < -0.3 is 4.90 Å². The zero-order chi connectivity index (χ0) is 14.2. The lowest BCUT2D eigenvalue weighted by molar-refractivity contribution is 0.0751. The number of benzene rings is 1. The van der Waals surface area contributed by atoms with Crippen molar-refractivity contribution >= 4 is 5.91 Å². The topological polar surface area (TPSA) is 61.9 Å². The van der Waals surface area contributed by atoms with E-state index in [-0.39, 0.29) is 5.91 Å². The smallest absolute Gasteiger partial charge is 0.293 e.